The summed E-state index contributed by atoms with van der Waals surface area (Å²) in [4.78, 5) is 18.9. The van der Waals surface area contributed by atoms with E-state index in [0.717, 1.165) is 24.0 Å². The van der Waals surface area contributed by atoms with Crippen molar-refractivity contribution in [3.8, 4) is 5.75 Å². The smallest absolute Gasteiger partial charge is 0.261 e. The van der Waals surface area contributed by atoms with Crippen molar-refractivity contribution in [1.82, 2.24) is 9.88 Å². The molecule has 1 fully saturated rings. The van der Waals surface area contributed by atoms with E-state index in [9.17, 15) is 9.18 Å². The van der Waals surface area contributed by atoms with E-state index in [2.05, 4.69) is 4.98 Å². The third-order valence-electron chi connectivity index (χ3n) is 5.10. The van der Waals surface area contributed by atoms with Crippen LogP contribution < -0.4 is 4.74 Å². The van der Waals surface area contributed by atoms with Crippen LogP contribution >= 0.6 is 0 Å². The van der Waals surface area contributed by atoms with E-state index in [1.165, 1.54) is 12.1 Å². The minimum Gasteiger partial charge on any atom is -0.484 e. The number of carbonyl (C=O) groups is 1. The van der Waals surface area contributed by atoms with Crippen molar-refractivity contribution in [2.45, 2.75) is 32.2 Å². The summed E-state index contributed by atoms with van der Waals surface area (Å²) in [5.74, 6) is 1.58. The molecule has 0 bridgehead atoms. The van der Waals surface area contributed by atoms with Gasteiger partial charge in [0, 0.05) is 13.0 Å². The van der Waals surface area contributed by atoms with Gasteiger partial charge in [-0.25, -0.2) is 9.37 Å². The molecule has 3 aromatic rings. The molecule has 150 valence electrons. The van der Waals surface area contributed by atoms with Gasteiger partial charge in [0.1, 0.15) is 23.4 Å². The largest absolute Gasteiger partial charge is 0.484 e. The first kappa shape index (κ1) is 19.2. The van der Waals surface area contributed by atoms with Crippen molar-refractivity contribution in [3.63, 3.8) is 0 Å². The second-order valence-corrected chi connectivity index (χ2v) is 7.31. The molecule has 2 aromatic carbocycles. The highest BCUT2D eigenvalue weighted by Gasteiger charge is 2.33. The lowest BCUT2D eigenvalue weighted by Gasteiger charge is -2.22. The van der Waals surface area contributed by atoms with Crippen LogP contribution in [0.3, 0.4) is 0 Å². The number of aryl methyl sites for hydroxylation is 1. The Balaban J connectivity index is 1.38. The van der Waals surface area contributed by atoms with Gasteiger partial charge in [-0.2, -0.15) is 0 Å². The number of oxazole rings is 1. The molecule has 0 unspecified atom stereocenters. The maximum atomic E-state index is 13.1. The Kier molecular flexibility index (Phi) is 5.60. The number of aromatic nitrogens is 1. The van der Waals surface area contributed by atoms with Crippen molar-refractivity contribution in [2.24, 2.45) is 0 Å². The summed E-state index contributed by atoms with van der Waals surface area (Å²) >= 11 is 0. The topological polar surface area (TPSA) is 55.6 Å². The van der Waals surface area contributed by atoms with Crippen LogP contribution in [0.25, 0.3) is 0 Å². The molecular weight excluding hydrogens is 371 g/mol. The Morgan fingerprint density at radius 1 is 1.21 bits per heavy atom. The van der Waals surface area contributed by atoms with Gasteiger partial charge in [0.2, 0.25) is 5.89 Å². The highest BCUT2D eigenvalue weighted by atomic mass is 19.1. The summed E-state index contributed by atoms with van der Waals surface area (Å²) in [6, 6.07) is 13.8. The molecule has 0 spiro atoms. The maximum absolute atomic E-state index is 13.1. The summed E-state index contributed by atoms with van der Waals surface area (Å²) in [6.07, 6.45) is 3.93. The number of rotatable bonds is 6. The maximum Gasteiger partial charge on any atom is 0.261 e. The second kappa shape index (κ2) is 8.47. The minimum atomic E-state index is -0.264. The van der Waals surface area contributed by atoms with Crippen LogP contribution in [0.1, 0.15) is 41.7 Å². The SMILES string of the molecule is Cc1ccc(OCC(=O)N2CCC[C@H]2c2ncc(Cc3ccc(F)cc3)o2)cc1. The average molecular weight is 394 g/mol. The molecule has 1 amide bonds. The van der Waals surface area contributed by atoms with E-state index in [1.807, 2.05) is 31.2 Å². The molecule has 29 heavy (non-hydrogen) atoms. The van der Waals surface area contributed by atoms with Crippen molar-refractivity contribution in [3.05, 3.63) is 83.3 Å². The van der Waals surface area contributed by atoms with E-state index >= 15 is 0 Å². The average Bonchev–Trinajstić information content (AvgIpc) is 3.38. The van der Waals surface area contributed by atoms with E-state index in [-0.39, 0.29) is 24.4 Å². The number of hydrogen-bond donors (Lipinski definition) is 0. The fourth-order valence-electron chi connectivity index (χ4n) is 3.55. The molecule has 1 saturated heterocycles. The van der Waals surface area contributed by atoms with Gasteiger partial charge >= 0.3 is 0 Å². The quantitative estimate of drug-likeness (QED) is 0.620. The number of halogens is 1. The lowest BCUT2D eigenvalue weighted by Crippen LogP contribution is -2.34. The van der Waals surface area contributed by atoms with Gasteiger partial charge in [-0.1, -0.05) is 29.8 Å². The normalized spacial score (nSPS) is 16.2. The number of hydrogen-bond acceptors (Lipinski definition) is 4. The Hall–Kier alpha value is -3.15. The molecule has 1 aromatic heterocycles. The Morgan fingerprint density at radius 3 is 2.72 bits per heavy atom. The van der Waals surface area contributed by atoms with Crippen LogP contribution in [-0.4, -0.2) is 28.9 Å². The lowest BCUT2D eigenvalue weighted by molar-refractivity contribution is -0.134. The van der Waals surface area contributed by atoms with Crippen LogP contribution in [-0.2, 0) is 11.2 Å². The summed E-state index contributed by atoms with van der Waals surface area (Å²) in [7, 11) is 0. The Bertz CT molecular complexity index is 967. The molecular formula is C23H23FN2O3. The molecule has 0 saturated carbocycles. The highest BCUT2D eigenvalue weighted by Crippen LogP contribution is 2.32. The van der Waals surface area contributed by atoms with Gasteiger partial charge in [-0.3, -0.25) is 4.79 Å². The molecule has 6 heteroatoms. The fraction of sp³-hybridized carbons (Fsp3) is 0.304. The number of amides is 1. The van der Waals surface area contributed by atoms with Crippen molar-refractivity contribution < 1.29 is 18.3 Å². The number of ether oxygens (including phenoxy) is 1. The highest BCUT2D eigenvalue weighted by molar-refractivity contribution is 5.78. The number of nitrogens with zero attached hydrogens (tertiary/aromatic N) is 2. The van der Waals surface area contributed by atoms with Gasteiger partial charge in [0.25, 0.3) is 5.91 Å². The van der Waals surface area contributed by atoms with Crippen LogP contribution in [0.15, 0.2) is 59.1 Å². The van der Waals surface area contributed by atoms with Crippen molar-refractivity contribution in [2.75, 3.05) is 13.2 Å². The molecule has 1 aliphatic rings. The molecule has 0 radical (unpaired) electrons. The zero-order valence-corrected chi connectivity index (χ0v) is 16.3. The number of carbonyl (C=O) groups excluding carboxylic acids is 1. The Morgan fingerprint density at radius 2 is 1.97 bits per heavy atom. The van der Waals surface area contributed by atoms with Crippen LogP contribution in [0.5, 0.6) is 5.75 Å². The first-order valence-corrected chi connectivity index (χ1v) is 9.76. The summed E-state index contributed by atoms with van der Waals surface area (Å²) in [5, 5.41) is 0. The summed E-state index contributed by atoms with van der Waals surface area (Å²) in [6.45, 7) is 2.66. The van der Waals surface area contributed by atoms with E-state index in [4.69, 9.17) is 9.15 Å². The first-order chi connectivity index (χ1) is 14.1. The monoisotopic (exact) mass is 394 g/mol. The van der Waals surface area contributed by atoms with Gasteiger partial charge < -0.3 is 14.1 Å². The molecule has 5 nitrogen and oxygen atoms in total. The summed E-state index contributed by atoms with van der Waals surface area (Å²) < 4.78 is 24.6. The second-order valence-electron chi connectivity index (χ2n) is 7.31. The molecule has 4 rings (SSSR count). The van der Waals surface area contributed by atoms with E-state index in [1.54, 1.807) is 23.2 Å². The van der Waals surface area contributed by atoms with Gasteiger partial charge in [-0.15, -0.1) is 0 Å². The van der Waals surface area contributed by atoms with Crippen LogP contribution in [0.4, 0.5) is 4.39 Å². The van der Waals surface area contributed by atoms with Crippen LogP contribution in [0.2, 0.25) is 0 Å². The van der Waals surface area contributed by atoms with Gasteiger partial charge in [0.05, 0.1) is 6.20 Å². The van der Waals surface area contributed by atoms with Crippen LogP contribution in [0, 0.1) is 12.7 Å². The third kappa shape index (κ3) is 4.65. The molecule has 1 aliphatic heterocycles. The fourth-order valence-corrected chi connectivity index (χ4v) is 3.55. The summed E-state index contributed by atoms with van der Waals surface area (Å²) in [5.41, 5.74) is 2.09. The molecule has 0 aliphatic carbocycles. The number of benzene rings is 2. The zero-order chi connectivity index (χ0) is 20.2. The molecule has 1 atom stereocenters. The number of likely N-dealkylation sites (tertiary alicyclic amines) is 1. The predicted molar refractivity (Wildman–Crippen MR) is 106 cm³/mol. The lowest BCUT2D eigenvalue weighted by atomic mass is 10.1. The Labute approximate surface area is 169 Å². The molecule has 0 N–H and O–H groups in total. The van der Waals surface area contributed by atoms with Crippen molar-refractivity contribution >= 4 is 5.91 Å². The zero-order valence-electron chi connectivity index (χ0n) is 16.3. The third-order valence-corrected chi connectivity index (χ3v) is 5.10. The van der Waals surface area contributed by atoms with Crippen molar-refractivity contribution in [1.29, 1.82) is 0 Å². The van der Waals surface area contributed by atoms with E-state index in [0.29, 0.717) is 30.4 Å². The van der Waals surface area contributed by atoms with Gasteiger partial charge in [-0.05, 0) is 49.6 Å². The van der Waals surface area contributed by atoms with Gasteiger partial charge in [0.15, 0.2) is 6.61 Å². The molecule has 2 heterocycles. The standard InChI is InChI=1S/C23H23FN2O3/c1-16-4-10-19(11-5-16)28-15-22(27)26-12-2-3-21(26)23-25-14-20(29-23)13-17-6-8-18(24)9-7-17/h4-11,14,21H,2-3,12-13,15H2,1H3/t21-/m0/s1. The predicted octanol–water partition coefficient (Wildman–Crippen LogP) is 4.46. The first-order valence-electron chi connectivity index (χ1n) is 9.76. The van der Waals surface area contributed by atoms with E-state index < -0.39 is 0 Å². The minimum absolute atomic E-state index is 0.0112.